The minimum atomic E-state index is -0.803. The van der Waals surface area contributed by atoms with Crippen molar-refractivity contribution in [2.75, 3.05) is 0 Å². The number of nitroso groups, excluding NO2 is 1. The second kappa shape index (κ2) is 3.97. The van der Waals surface area contributed by atoms with E-state index in [4.69, 9.17) is 12.2 Å². The quantitative estimate of drug-likeness (QED) is 0.448. The molecule has 1 rings (SSSR count). The minimum absolute atomic E-state index is 0.0137. The van der Waals surface area contributed by atoms with Gasteiger partial charge in [0.25, 0.3) is 5.56 Å². The van der Waals surface area contributed by atoms with Crippen LogP contribution in [0.1, 0.15) is 0 Å². The van der Waals surface area contributed by atoms with Crippen LogP contribution >= 0.6 is 12.2 Å². The summed E-state index contributed by atoms with van der Waals surface area (Å²) in [5, 5.41) is 11.8. The molecule has 0 saturated carbocycles. The van der Waals surface area contributed by atoms with Crippen molar-refractivity contribution in [3.63, 3.8) is 0 Å². The Labute approximate surface area is 83.5 Å². The van der Waals surface area contributed by atoms with Gasteiger partial charge in [-0.3, -0.25) is 14.3 Å². The number of hydrogen-bond donors (Lipinski definition) is 2. The average molecular weight is 213 g/mol. The summed E-state index contributed by atoms with van der Waals surface area (Å²) in [7, 11) is 0. The molecule has 0 aliphatic heterocycles. The molecule has 6 nitrogen and oxygen atoms in total. The highest BCUT2D eigenvalue weighted by atomic mass is 32.1. The average Bonchev–Trinajstić information content (AvgIpc) is 2.12. The Morgan fingerprint density at radius 2 is 2.36 bits per heavy atom. The van der Waals surface area contributed by atoms with Gasteiger partial charge in [-0.25, -0.2) is 0 Å². The lowest BCUT2D eigenvalue weighted by atomic mass is 10.5. The zero-order valence-electron chi connectivity index (χ0n) is 7.06. The highest BCUT2D eigenvalue weighted by Gasteiger charge is 2.11. The summed E-state index contributed by atoms with van der Waals surface area (Å²) in [4.78, 5) is 23.5. The van der Waals surface area contributed by atoms with E-state index in [1.807, 2.05) is 0 Å². The zero-order chi connectivity index (χ0) is 10.7. The molecule has 0 unspecified atom stereocenters. The summed E-state index contributed by atoms with van der Waals surface area (Å²) < 4.78 is 1.15. The molecule has 0 fully saturated rings. The van der Waals surface area contributed by atoms with Gasteiger partial charge >= 0.3 is 0 Å². The summed E-state index contributed by atoms with van der Waals surface area (Å²) in [5.41, 5.74) is -1.39. The van der Waals surface area contributed by atoms with Gasteiger partial charge in [0.1, 0.15) is 0 Å². The van der Waals surface area contributed by atoms with Crippen molar-refractivity contribution in [2.24, 2.45) is 5.18 Å². The monoisotopic (exact) mass is 213 g/mol. The van der Waals surface area contributed by atoms with Gasteiger partial charge in [0.15, 0.2) is 4.77 Å². The predicted octanol–water partition coefficient (Wildman–Crippen LogP) is 1.20. The van der Waals surface area contributed by atoms with Crippen molar-refractivity contribution < 1.29 is 5.11 Å². The Bertz CT molecular complexity index is 488. The largest absolute Gasteiger partial charge is 0.493 e. The van der Waals surface area contributed by atoms with Gasteiger partial charge in [-0.2, -0.15) is 0 Å². The third-order valence-corrected chi connectivity index (χ3v) is 1.87. The van der Waals surface area contributed by atoms with Crippen molar-refractivity contribution in [1.29, 1.82) is 0 Å². The van der Waals surface area contributed by atoms with Gasteiger partial charge in [-0.15, -0.1) is 11.5 Å². The van der Waals surface area contributed by atoms with E-state index in [-0.39, 0.29) is 11.3 Å². The Hall–Kier alpha value is -1.76. The number of nitrogens with one attached hydrogen (secondary N) is 1. The van der Waals surface area contributed by atoms with Crippen molar-refractivity contribution in [3.05, 3.63) is 32.7 Å². The molecular formula is C7H7N3O3S. The van der Waals surface area contributed by atoms with Crippen LogP contribution in [0.3, 0.4) is 0 Å². The van der Waals surface area contributed by atoms with E-state index < -0.39 is 17.1 Å². The van der Waals surface area contributed by atoms with Gasteiger partial charge in [0, 0.05) is 6.54 Å². The van der Waals surface area contributed by atoms with E-state index in [9.17, 15) is 14.8 Å². The number of aromatic amines is 1. The molecular weight excluding hydrogens is 206 g/mol. The summed E-state index contributed by atoms with van der Waals surface area (Å²) >= 11 is 4.76. The topological polar surface area (TPSA) is 87.4 Å². The smallest absolute Gasteiger partial charge is 0.285 e. The second-order valence-corrected chi connectivity index (χ2v) is 2.81. The zero-order valence-corrected chi connectivity index (χ0v) is 7.87. The fourth-order valence-corrected chi connectivity index (χ4v) is 1.18. The van der Waals surface area contributed by atoms with Gasteiger partial charge in [0.2, 0.25) is 11.6 Å². The standard InChI is InChI=1S/C7H7N3O3S/c1-2-3-10-6(12)4(9-13)5(11)8-7(10)14/h2,12H,1,3H2,(H,8,11,14). The third-order valence-electron chi connectivity index (χ3n) is 1.55. The molecule has 2 N–H and O–H groups in total. The number of aromatic hydroxyl groups is 1. The first-order chi connectivity index (χ1) is 6.61. The maximum Gasteiger partial charge on any atom is 0.285 e. The SMILES string of the molecule is C=CCn1c(O)c(N=O)c(=O)[nH]c1=S. The molecule has 74 valence electrons. The molecule has 0 atom stereocenters. The maximum absolute atomic E-state index is 11.0. The highest BCUT2D eigenvalue weighted by molar-refractivity contribution is 7.71. The first-order valence-electron chi connectivity index (χ1n) is 3.62. The number of rotatable bonds is 3. The molecule has 0 bridgehead atoms. The van der Waals surface area contributed by atoms with Crippen molar-refractivity contribution >= 4 is 17.9 Å². The number of allylic oxidation sites excluding steroid dienone is 1. The lowest BCUT2D eigenvalue weighted by Crippen LogP contribution is -2.12. The Morgan fingerprint density at radius 1 is 1.71 bits per heavy atom. The summed E-state index contributed by atoms with van der Waals surface area (Å²) in [6, 6.07) is 0. The van der Waals surface area contributed by atoms with Crippen LogP contribution in [-0.4, -0.2) is 14.7 Å². The highest BCUT2D eigenvalue weighted by Crippen LogP contribution is 2.20. The first-order valence-corrected chi connectivity index (χ1v) is 4.03. The second-order valence-electron chi connectivity index (χ2n) is 2.42. The molecule has 0 amide bonds. The molecule has 1 aromatic rings. The van der Waals surface area contributed by atoms with Crippen molar-refractivity contribution in [3.8, 4) is 5.88 Å². The van der Waals surface area contributed by atoms with Crippen molar-refractivity contribution in [2.45, 2.75) is 6.54 Å². The molecule has 1 heterocycles. The molecule has 0 aliphatic carbocycles. The maximum atomic E-state index is 11.0. The Balaban J connectivity index is 3.59. The van der Waals surface area contributed by atoms with Gasteiger partial charge in [-0.1, -0.05) is 6.08 Å². The third kappa shape index (κ3) is 1.62. The fraction of sp³-hybridized carbons (Fsp3) is 0.143. The molecule has 1 aromatic heterocycles. The lowest BCUT2D eigenvalue weighted by molar-refractivity contribution is 0.416. The van der Waals surface area contributed by atoms with E-state index in [1.54, 1.807) is 0 Å². The van der Waals surface area contributed by atoms with Crippen LogP contribution in [0.5, 0.6) is 5.88 Å². The number of hydrogen-bond acceptors (Lipinski definition) is 5. The molecule has 0 aliphatic rings. The van der Waals surface area contributed by atoms with E-state index in [2.05, 4.69) is 16.7 Å². The van der Waals surface area contributed by atoms with E-state index in [0.717, 1.165) is 4.57 Å². The Morgan fingerprint density at radius 3 is 2.86 bits per heavy atom. The number of aromatic nitrogens is 2. The molecule has 0 aromatic carbocycles. The first kappa shape index (κ1) is 10.3. The van der Waals surface area contributed by atoms with Crippen LogP contribution < -0.4 is 5.56 Å². The van der Waals surface area contributed by atoms with E-state index >= 15 is 0 Å². The van der Waals surface area contributed by atoms with Gasteiger partial charge in [0.05, 0.1) is 0 Å². The Kier molecular flexibility index (Phi) is 2.92. The minimum Gasteiger partial charge on any atom is -0.493 e. The van der Waals surface area contributed by atoms with Crippen LogP contribution in [0.25, 0.3) is 0 Å². The summed E-state index contributed by atoms with van der Waals surface area (Å²) in [5.74, 6) is -0.548. The fourth-order valence-electron chi connectivity index (χ4n) is 0.930. The van der Waals surface area contributed by atoms with E-state index in [1.165, 1.54) is 6.08 Å². The van der Waals surface area contributed by atoms with Crippen LogP contribution in [0.2, 0.25) is 0 Å². The normalized spacial score (nSPS) is 9.71. The molecule has 0 radical (unpaired) electrons. The van der Waals surface area contributed by atoms with E-state index in [0.29, 0.717) is 0 Å². The van der Waals surface area contributed by atoms with Crippen molar-refractivity contribution in [1.82, 2.24) is 9.55 Å². The van der Waals surface area contributed by atoms with Crippen LogP contribution in [0.15, 0.2) is 22.6 Å². The van der Waals surface area contributed by atoms with Gasteiger partial charge < -0.3 is 5.11 Å². The number of H-pyrrole nitrogens is 1. The van der Waals surface area contributed by atoms with Crippen LogP contribution in [0.4, 0.5) is 5.69 Å². The molecule has 7 heteroatoms. The van der Waals surface area contributed by atoms with Crippen LogP contribution in [0, 0.1) is 9.68 Å². The van der Waals surface area contributed by atoms with Crippen LogP contribution in [-0.2, 0) is 6.54 Å². The summed E-state index contributed by atoms with van der Waals surface area (Å²) in [6.45, 7) is 3.62. The number of nitrogens with zero attached hydrogens (tertiary/aromatic N) is 2. The molecule has 0 spiro atoms. The molecule has 0 saturated heterocycles. The lowest BCUT2D eigenvalue weighted by Gasteiger charge is -2.06. The summed E-state index contributed by atoms with van der Waals surface area (Å²) in [6.07, 6.45) is 1.46. The molecule has 14 heavy (non-hydrogen) atoms. The predicted molar refractivity (Wildman–Crippen MR) is 53.2 cm³/mol. The van der Waals surface area contributed by atoms with Gasteiger partial charge in [-0.05, 0) is 17.4 Å².